The maximum atomic E-state index is 11.4. The van der Waals surface area contributed by atoms with E-state index in [1.54, 1.807) is 36.4 Å². The third-order valence-corrected chi connectivity index (χ3v) is 5.05. The predicted octanol–water partition coefficient (Wildman–Crippen LogP) is 2.86. The minimum Gasteiger partial charge on any atom is -0.478 e. The Bertz CT molecular complexity index is 829. The van der Waals surface area contributed by atoms with Gasteiger partial charge in [0.05, 0.1) is 43.0 Å². The number of carboxylic acids is 2. The van der Waals surface area contributed by atoms with Crippen LogP contribution >= 0.6 is 0 Å². The summed E-state index contributed by atoms with van der Waals surface area (Å²) < 4.78 is 23.2. The SMILES string of the molecule is O=C(O)c1ccccc1C1OCC2(CO1)COC(c1ccccc1C(=O)O)OC2. The van der Waals surface area contributed by atoms with Crippen LogP contribution in [0.3, 0.4) is 0 Å². The molecule has 2 heterocycles. The van der Waals surface area contributed by atoms with Crippen molar-refractivity contribution in [3.8, 4) is 0 Å². The summed E-state index contributed by atoms with van der Waals surface area (Å²) in [4.78, 5) is 22.8. The maximum absolute atomic E-state index is 11.4. The first-order valence-corrected chi connectivity index (χ1v) is 9.10. The quantitative estimate of drug-likeness (QED) is 0.806. The van der Waals surface area contributed by atoms with E-state index in [0.717, 1.165) is 0 Å². The summed E-state index contributed by atoms with van der Waals surface area (Å²) in [6, 6.07) is 13.1. The second kappa shape index (κ2) is 7.92. The standard InChI is InChI=1S/C21H20O8/c22-17(23)13-5-1-3-7-15(13)19-26-9-21(10-27-19)11-28-20(29-12-21)16-8-4-2-6-14(16)18(24)25/h1-8,19-20H,9-12H2,(H,22,23)(H,24,25). The van der Waals surface area contributed by atoms with Gasteiger partial charge in [0.2, 0.25) is 0 Å². The van der Waals surface area contributed by atoms with Crippen LogP contribution in [0.1, 0.15) is 44.4 Å². The lowest BCUT2D eigenvalue weighted by molar-refractivity contribution is -0.307. The van der Waals surface area contributed by atoms with Gasteiger partial charge < -0.3 is 29.2 Å². The number of ether oxygens (including phenoxy) is 4. The van der Waals surface area contributed by atoms with Gasteiger partial charge in [0.25, 0.3) is 0 Å². The van der Waals surface area contributed by atoms with Gasteiger partial charge in [-0.25, -0.2) is 9.59 Å². The van der Waals surface area contributed by atoms with Gasteiger partial charge in [-0.05, 0) is 12.1 Å². The Morgan fingerprint density at radius 1 is 0.690 bits per heavy atom. The highest BCUT2D eigenvalue weighted by molar-refractivity contribution is 5.89. The summed E-state index contributed by atoms with van der Waals surface area (Å²) in [7, 11) is 0. The molecule has 1 spiro atoms. The third-order valence-electron chi connectivity index (χ3n) is 5.05. The molecule has 0 saturated carbocycles. The molecule has 0 atom stereocenters. The van der Waals surface area contributed by atoms with E-state index in [2.05, 4.69) is 0 Å². The smallest absolute Gasteiger partial charge is 0.336 e. The van der Waals surface area contributed by atoms with Crippen molar-refractivity contribution in [3.63, 3.8) is 0 Å². The fraction of sp³-hybridized carbons (Fsp3) is 0.333. The molecule has 0 aromatic heterocycles. The van der Waals surface area contributed by atoms with Crippen molar-refractivity contribution in [2.75, 3.05) is 26.4 Å². The molecule has 2 N–H and O–H groups in total. The lowest BCUT2D eigenvalue weighted by Gasteiger charge is -2.44. The molecule has 0 radical (unpaired) electrons. The minimum atomic E-state index is -1.04. The highest BCUT2D eigenvalue weighted by Gasteiger charge is 2.43. The lowest BCUT2D eigenvalue weighted by atomic mass is 9.90. The Kier molecular flexibility index (Phi) is 5.33. The molecular formula is C21H20O8. The summed E-state index contributed by atoms with van der Waals surface area (Å²) in [6.45, 7) is 1.05. The van der Waals surface area contributed by atoms with Crippen LogP contribution in [0, 0.1) is 5.41 Å². The summed E-state index contributed by atoms with van der Waals surface area (Å²) in [5, 5.41) is 18.7. The van der Waals surface area contributed by atoms with Crippen molar-refractivity contribution in [2.45, 2.75) is 12.6 Å². The summed E-state index contributed by atoms with van der Waals surface area (Å²) in [5.74, 6) is -2.09. The van der Waals surface area contributed by atoms with E-state index < -0.39 is 29.9 Å². The van der Waals surface area contributed by atoms with Crippen molar-refractivity contribution in [3.05, 3.63) is 70.8 Å². The molecule has 0 unspecified atom stereocenters. The van der Waals surface area contributed by atoms with E-state index in [1.807, 2.05) is 0 Å². The number of rotatable bonds is 4. The molecule has 0 amide bonds. The Morgan fingerprint density at radius 2 is 1.03 bits per heavy atom. The first kappa shape index (κ1) is 19.5. The van der Waals surface area contributed by atoms with Crippen LogP contribution in [-0.2, 0) is 18.9 Å². The van der Waals surface area contributed by atoms with Crippen molar-refractivity contribution in [2.24, 2.45) is 5.41 Å². The summed E-state index contributed by atoms with van der Waals surface area (Å²) in [6.07, 6.45) is -1.56. The van der Waals surface area contributed by atoms with Crippen LogP contribution < -0.4 is 0 Å². The van der Waals surface area contributed by atoms with Crippen LogP contribution in [-0.4, -0.2) is 48.6 Å². The molecule has 29 heavy (non-hydrogen) atoms. The average Bonchev–Trinajstić information content (AvgIpc) is 2.75. The molecule has 2 fully saturated rings. The maximum Gasteiger partial charge on any atom is 0.336 e. The van der Waals surface area contributed by atoms with Gasteiger partial charge in [0.15, 0.2) is 12.6 Å². The van der Waals surface area contributed by atoms with Gasteiger partial charge in [-0.3, -0.25) is 0 Å². The zero-order valence-corrected chi connectivity index (χ0v) is 15.4. The van der Waals surface area contributed by atoms with Gasteiger partial charge in [-0.1, -0.05) is 36.4 Å². The van der Waals surface area contributed by atoms with E-state index in [-0.39, 0.29) is 37.6 Å². The van der Waals surface area contributed by atoms with E-state index in [0.29, 0.717) is 11.1 Å². The molecule has 152 valence electrons. The molecule has 8 heteroatoms. The highest BCUT2D eigenvalue weighted by Crippen LogP contribution is 2.39. The first-order valence-electron chi connectivity index (χ1n) is 9.10. The Balaban J connectivity index is 1.42. The molecule has 2 aromatic carbocycles. The van der Waals surface area contributed by atoms with E-state index in [1.165, 1.54) is 12.1 Å². The van der Waals surface area contributed by atoms with Crippen LogP contribution in [0.5, 0.6) is 0 Å². The molecular weight excluding hydrogens is 380 g/mol. The second-order valence-electron chi connectivity index (χ2n) is 7.19. The summed E-state index contributed by atoms with van der Waals surface area (Å²) >= 11 is 0. The fourth-order valence-corrected chi connectivity index (χ4v) is 3.51. The molecule has 4 rings (SSSR count). The van der Waals surface area contributed by atoms with Gasteiger partial charge >= 0.3 is 11.9 Å². The highest BCUT2D eigenvalue weighted by atomic mass is 16.7. The third kappa shape index (κ3) is 3.88. The molecule has 2 aliphatic rings. The van der Waals surface area contributed by atoms with Crippen molar-refractivity contribution in [1.82, 2.24) is 0 Å². The van der Waals surface area contributed by atoms with Crippen molar-refractivity contribution in [1.29, 1.82) is 0 Å². The first-order chi connectivity index (χ1) is 14.0. The number of carboxylic acid groups (broad SMARTS) is 2. The zero-order chi connectivity index (χ0) is 20.4. The Hall–Kier alpha value is -2.78. The Labute approximate surface area is 166 Å². The lowest BCUT2D eigenvalue weighted by Crippen LogP contribution is -2.49. The molecule has 0 aliphatic carbocycles. The van der Waals surface area contributed by atoms with Gasteiger partial charge in [-0.15, -0.1) is 0 Å². The number of aromatic carboxylic acids is 2. The van der Waals surface area contributed by atoms with Gasteiger partial charge in [0, 0.05) is 11.1 Å². The van der Waals surface area contributed by atoms with Crippen LogP contribution in [0.15, 0.2) is 48.5 Å². The minimum absolute atomic E-state index is 0.134. The average molecular weight is 400 g/mol. The van der Waals surface area contributed by atoms with Crippen LogP contribution in [0.25, 0.3) is 0 Å². The number of hydrogen-bond donors (Lipinski definition) is 2. The number of benzene rings is 2. The fourth-order valence-electron chi connectivity index (χ4n) is 3.51. The monoisotopic (exact) mass is 400 g/mol. The molecule has 2 aliphatic heterocycles. The summed E-state index contributed by atoms with van der Waals surface area (Å²) in [5.41, 5.74) is 0.648. The van der Waals surface area contributed by atoms with E-state index in [4.69, 9.17) is 18.9 Å². The molecule has 8 nitrogen and oxygen atoms in total. The number of carbonyl (C=O) groups is 2. The van der Waals surface area contributed by atoms with Gasteiger partial charge in [0.1, 0.15) is 0 Å². The molecule has 2 aromatic rings. The van der Waals surface area contributed by atoms with Crippen LogP contribution in [0.2, 0.25) is 0 Å². The molecule has 2 saturated heterocycles. The second-order valence-corrected chi connectivity index (χ2v) is 7.19. The zero-order valence-electron chi connectivity index (χ0n) is 15.4. The van der Waals surface area contributed by atoms with E-state index in [9.17, 15) is 19.8 Å². The predicted molar refractivity (Wildman–Crippen MR) is 98.5 cm³/mol. The molecule has 0 bridgehead atoms. The van der Waals surface area contributed by atoms with Gasteiger partial charge in [-0.2, -0.15) is 0 Å². The van der Waals surface area contributed by atoms with Crippen molar-refractivity contribution < 1.29 is 38.7 Å². The topological polar surface area (TPSA) is 112 Å². The van der Waals surface area contributed by atoms with Crippen LogP contribution in [0.4, 0.5) is 0 Å². The Morgan fingerprint density at radius 3 is 1.38 bits per heavy atom. The number of hydrogen-bond acceptors (Lipinski definition) is 6. The largest absolute Gasteiger partial charge is 0.478 e. The van der Waals surface area contributed by atoms with E-state index >= 15 is 0 Å². The van der Waals surface area contributed by atoms with Crippen molar-refractivity contribution >= 4 is 11.9 Å². The normalized spacial score (nSPS) is 26.9.